The van der Waals surface area contributed by atoms with Crippen molar-refractivity contribution < 1.29 is 17.9 Å². The number of benzene rings is 1. The van der Waals surface area contributed by atoms with Gasteiger partial charge in [0, 0.05) is 26.2 Å². The fourth-order valence-corrected chi connectivity index (χ4v) is 3.63. The summed E-state index contributed by atoms with van der Waals surface area (Å²) in [6.45, 7) is 1.06. The molecule has 1 aliphatic rings. The Balaban J connectivity index is 2.14. The molecule has 0 aromatic heterocycles. The number of anilines is 1. The fraction of sp³-hybridized carbons (Fsp3) is 0.417. The lowest BCUT2D eigenvalue weighted by atomic mass is 10.3. The van der Waals surface area contributed by atoms with Crippen LogP contribution in [0.1, 0.15) is 0 Å². The van der Waals surface area contributed by atoms with Crippen molar-refractivity contribution >= 4 is 21.8 Å². The van der Waals surface area contributed by atoms with E-state index in [-0.39, 0.29) is 23.7 Å². The van der Waals surface area contributed by atoms with Gasteiger partial charge >= 0.3 is 6.09 Å². The number of nitrogens with two attached hydrogens (primary N) is 1. The molecule has 0 bridgehead atoms. The molecule has 1 saturated heterocycles. The summed E-state index contributed by atoms with van der Waals surface area (Å²) in [5.41, 5.74) is 5.94. The summed E-state index contributed by atoms with van der Waals surface area (Å²) in [5.74, 6) is 0. The van der Waals surface area contributed by atoms with Crippen molar-refractivity contribution in [3.63, 3.8) is 0 Å². The molecular formula is C12H17N3O4S. The van der Waals surface area contributed by atoms with Gasteiger partial charge in [-0.3, -0.25) is 0 Å². The SMILES string of the molecule is COC(=O)N1CCN(S(=O)(=O)c2ccccc2N)CC1. The van der Waals surface area contributed by atoms with Crippen molar-refractivity contribution in [3.8, 4) is 0 Å². The van der Waals surface area contributed by atoms with Crippen LogP contribution in [0.15, 0.2) is 29.2 Å². The molecule has 0 unspecified atom stereocenters. The topological polar surface area (TPSA) is 92.9 Å². The maximum atomic E-state index is 12.5. The van der Waals surface area contributed by atoms with Crippen LogP contribution >= 0.6 is 0 Å². The predicted molar refractivity (Wildman–Crippen MR) is 73.6 cm³/mol. The lowest BCUT2D eigenvalue weighted by Crippen LogP contribution is -2.50. The van der Waals surface area contributed by atoms with E-state index in [9.17, 15) is 13.2 Å². The van der Waals surface area contributed by atoms with Crippen LogP contribution in [-0.2, 0) is 14.8 Å². The zero-order chi connectivity index (χ0) is 14.8. The van der Waals surface area contributed by atoms with Crippen molar-refractivity contribution in [2.75, 3.05) is 39.0 Å². The first kappa shape index (κ1) is 14.6. The third kappa shape index (κ3) is 2.70. The van der Waals surface area contributed by atoms with E-state index in [1.54, 1.807) is 18.2 Å². The van der Waals surface area contributed by atoms with Gasteiger partial charge in [0.15, 0.2) is 0 Å². The molecule has 1 aromatic carbocycles. The van der Waals surface area contributed by atoms with E-state index in [4.69, 9.17) is 5.73 Å². The van der Waals surface area contributed by atoms with Gasteiger partial charge in [0.1, 0.15) is 4.90 Å². The number of para-hydroxylation sites is 1. The highest BCUT2D eigenvalue weighted by Crippen LogP contribution is 2.22. The number of nitrogens with zero attached hydrogens (tertiary/aromatic N) is 2. The molecule has 0 atom stereocenters. The molecule has 0 radical (unpaired) electrons. The third-order valence-corrected chi connectivity index (χ3v) is 5.18. The van der Waals surface area contributed by atoms with Crippen molar-refractivity contribution in [1.82, 2.24) is 9.21 Å². The number of piperazine rings is 1. The van der Waals surface area contributed by atoms with Crippen molar-refractivity contribution in [2.45, 2.75) is 4.90 Å². The molecule has 1 heterocycles. The lowest BCUT2D eigenvalue weighted by molar-refractivity contribution is 0.108. The number of hydrogen-bond acceptors (Lipinski definition) is 5. The highest BCUT2D eigenvalue weighted by Gasteiger charge is 2.31. The molecule has 1 amide bonds. The van der Waals surface area contributed by atoms with Crippen LogP contribution in [0.3, 0.4) is 0 Å². The monoisotopic (exact) mass is 299 g/mol. The molecule has 110 valence electrons. The predicted octanol–water partition coefficient (Wildman–Crippen LogP) is 0.341. The molecule has 8 heteroatoms. The van der Waals surface area contributed by atoms with Crippen LogP contribution in [0.5, 0.6) is 0 Å². The Labute approximate surface area is 118 Å². The summed E-state index contributed by atoms with van der Waals surface area (Å²) < 4.78 is 30.9. The van der Waals surface area contributed by atoms with Crippen molar-refractivity contribution in [2.24, 2.45) is 0 Å². The summed E-state index contributed by atoms with van der Waals surface area (Å²) in [4.78, 5) is 12.9. The van der Waals surface area contributed by atoms with E-state index < -0.39 is 16.1 Å². The van der Waals surface area contributed by atoms with Gasteiger partial charge < -0.3 is 15.4 Å². The van der Waals surface area contributed by atoms with Crippen LogP contribution in [0.2, 0.25) is 0 Å². The van der Waals surface area contributed by atoms with E-state index in [2.05, 4.69) is 4.74 Å². The summed E-state index contributed by atoms with van der Waals surface area (Å²) in [6, 6.07) is 6.35. The second-order valence-electron chi connectivity index (χ2n) is 4.40. The molecule has 20 heavy (non-hydrogen) atoms. The highest BCUT2D eigenvalue weighted by molar-refractivity contribution is 7.89. The number of hydrogen-bond donors (Lipinski definition) is 1. The number of amides is 1. The number of carbonyl (C=O) groups excluding carboxylic acids is 1. The molecule has 1 fully saturated rings. The Morgan fingerprint density at radius 1 is 1.20 bits per heavy atom. The van der Waals surface area contributed by atoms with E-state index >= 15 is 0 Å². The summed E-state index contributed by atoms with van der Waals surface area (Å²) in [5, 5.41) is 0. The van der Waals surface area contributed by atoms with Crippen LogP contribution in [0, 0.1) is 0 Å². The Kier molecular flexibility index (Phi) is 4.15. The second-order valence-corrected chi connectivity index (χ2v) is 6.31. The van der Waals surface area contributed by atoms with Crippen LogP contribution in [-0.4, -0.2) is 57.0 Å². The Hall–Kier alpha value is -1.80. The first-order valence-electron chi connectivity index (χ1n) is 6.14. The van der Waals surface area contributed by atoms with Gasteiger partial charge in [0.2, 0.25) is 10.0 Å². The summed E-state index contributed by atoms with van der Waals surface area (Å²) in [7, 11) is -2.32. The number of methoxy groups -OCH3 is 1. The number of nitrogen functional groups attached to an aromatic ring is 1. The summed E-state index contributed by atoms with van der Waals surface area (Å²) >= 11 is 0. The van der Waals surface area contributed by atoms with Gasteiger partial charge in [-0.25, -0.2) is 13.2 Å². The molecule has 2 N–H and O–H groups in total. The fourth-order valence-electron chi connectivity index (χ4n) is 2.09. The van der Waals surface area contributed by atoms with Crippen LogP contribution in [0.4, 0.5) is 10.5 Å². The van der Waals surface area contributed by atoms with Crippen LogP contribution in [0.25, 0.3) is 0 Å². The van der Waals surface area contributed by atoms with E-state index in [0.29, 0.717) is 13.1 Å². The Morgan fingerprint density at radius 3 is 2.35 bits per heavy atom. The first-order valence-corrected chi connectivity index (χ1v) is 7.58. The van der Waals surface area contributed by atoms with Gasteiger partial charge in [-0.1, -0.05) is 12.1 Å². The zero-order valence-corrected chi connectivity index (χ0v) is 12.0. The average molecular weight is 299 g/mol. The molecule has 0 saturated carbocycles. The average Bonchev–Trinajstić information content (AvgIpc) is 2.47. The first-order chi connectivity index (χ1) is 9.46. The highest BCUT2D eigenvalue weighted by atomic mass is 32.2. The van der Waals surface area contributed by atoms with E-state index in [1.807, 2.05) is 0 Å². The minimum Gasteiger partial charge on any atom is -0.453 e. The molecule has 1 aliphatic heterocycles. The van der Waals surface area contributed by atoms with Gasteiger partial charge in [-0.05, 0) is 12.1 Å². The minimum atomic E-state index is -3.62. The standard InChI is InChI=1S/C12H17N3O4S/c1-19-12(16)14-6-8-15(9-7-14)20(17,18)11-5-3-2-4-10(11)13/h2-5H,6-9,13H2,1H3. The molecule has 0 aliphatic carbocycles. The zero-order valence-electron chi connectivity index (χ0n) is 11.2. The smallest absolute Gasteiger partial charge is 0.409 e. The number of rotatable bonds is 2. The Morgan fingerprint density at radius 2 is 1.80 bits per heavy atom. The second kappa shape index (κ2) is 5.68. The lowest BCUT2D eigenvalue weighted by Gasteiger charge is -2.33. The van der Waals surface area contributed by atoms with E-state index in [1.165, 1.54) is 22.4 Å². The number of carbonyl (C=O) groups is 1. The molecule has 0 spiro atoms. The third-order valence-electron chi connectivity index (χ3n) is 3.21. The van der Waals surface area contributed by atoms with E-state index in [0.717, 1.165) is 0 Å². The van der Waals surface area contributed by atoms with Crippen LogP contribution < -0.4 is 5.73 Å². The Bertz CT molecular complexity index is 594. The van der Waals surface area contributed by atoms with Gasteiger partial charge in [0.25, 0.3) is 0 Å². The molecule has 2 rings (SSSR count). The number of ether oxygens (including phenoxy) is 1. The van der Waals surface area contributed by atoms with Crippen molar-refractivity contribution in [1.29, 1.82) is 0 Å². The van der Waals surface area contributed by atoms with Gasteiger partial charge in [-0.2, -0.15) is 4.31 Å². The van der Waals surface area contributed by atoms with Gasteiger partial charge in [-0.15, -0.1) is 0 Å². The molecular weight excluding hydrogens is 282 g/mol. The minimum absolute atomic E-state index is 0.103. The van der Waals surface area contributed by atoms with Gasteiger partial charge in [0.05, 0.1) is 12.8 Å². The van der Waals surface area contributed by atoms with Crippen molar-refractivity contribution in [3.05, 3.63) is 24.3 Å². The quantitative estimate of drug-likeness (QED) is 0.795. The number of sulfonamides is 1. The summed E-state index contributed by atoms with van der Waals surface area (Å²) in [6.07, 6.45) is -0.443. The largest absolute Gasteiger partial charge is 0.453 e. The maximum absolute atomic E-state index is 12.5. The normalized spacial score (nSPS) is 16.9. The molecule has 1 aromatic rings. The molecule has 7 nitrogen and oxygen atoms in total. The maximum Gasteiger partial charge on any atom is 0.409 e.